The van der Waals surface area contributed by atoms with E-state index in [2.05, 4.69) is 0 Å². The summed E-state index contributed by atoms with van der Waals surface area (Å²) < 4.78 is 27.3. The van der Waals surface area contributed by atoms with Crippen LogP contribution in [0.2, 0.25) is 0 Å². The van der Waals surface area contributed by atoms with Crippen molar-refractivity contribution in [3.05, 3.63) is 35.9 Å². The van der Waals surface area contributed by atoms with Crippen LogP contribution in [-0.2, 0) is 16.8 Å². The minimum Gasteiger partial charge on any atom is -0.395 e. The van der Waals surface area contributed by atoms with Crippen LogP contribution in [0.4, 0.5) is 0 Å². The lowest BCUT2D eigenvalue weighted by molar-refractivity contribution is 0.245. The molecular weight excluding hydrogens is 264 g/mol. The SMILES string of the molecule is CCCN(CCO)S(=O)(=O)N(C)Cc1ccccc1. The number of rotatable bonds is 8. The second-order valence-corrected chi connectivity index (χ2v) is 6.41. The zero-order valence-electron chi connectivity index (χ0n) is 11.5. The van der Waals surface area contributed by atoms with E-state index < -0.39 is 10.2 Å². The Hall–Kier alpha value is -0.950. The van der Waals surface area contributed by atoms with Crippen LogP contribution in [0, 0.1) is 0 Å². The van der Waals surface area contributed by atoms with Crippen LogP contribution in [0.25, 0.3) is 0 Å². The van der Waals surface area contributed by atoms with Gasteiger partial charge in [0.15, 0.2) is 0 Å². The van der Waals surface area contributed by atoms with E-state index in [-0.39, 0.29) is 13.2 Å². The Labute approximate surface area is 115 Å². The normalized spacial score (nSPS) is 12.3. The molecule has 0 heterocycles. The highest BCUT2D eigenvalue weighted by molar-refractivity contribution is 7.86. The topological polar surface area (TPSA) is 60.9 Å². The van der Waals surface area contributed by atoms with Gasteiger partial charge in [-0.25, -0.2) is 0 Å². The second-order valence-electron chi connectivity index (χ2n) is 4.37. The molecule has 1 aromatic rings. The smallest absolute Gasteiger partial charge is 0.282 e. The molecule has 0 fully saturated rings. The van der Waals surface area contributed by atoms with Crippen LogP contribution >= 0.6 is 0 Å². The first-order valence-corrected chi connectivity index (χ1v) is 7.78. The Morgan fingerprint density at radius 2 is 1.79 bits per heavy atom. The fourth-order valence-corrected chi connectivity index (χ4v) is 3.25. The largest absolute Gasteiger partial charge is 0.395 e. The van der Waals surface area contributed by atoms with Gasteiger partial charge in [-0.15, -0.1) is 0 Å². The predicted molar refractivity (Wildman–Crippen MR) is 75.8 cm³/mol. The van der Waals surface area contributed by atoms with E-state index in [9.17, 15) is 8.42 Å². The molecule has 0 aromatic heterocycles. The first-order chi connectivity index (χ1) is 9.02. The first kappa shape index (κ1) is 16.1. The summed E-state index contributed by atoms with van der Waals surface area (Å²) in [4.78, 5) is 0. The monoisotopic (exact) mass is 286 g/mol. The molecule has 5 nitrogen and oxygen atoms in total. The third-order valence-electron chi connectivity index (χ3n) is 2.79. The van der Waals surface area contributed by atoms with Crippen LogP contribution in [0.1, 0.15) is 18.9 Å². The quantitative estimate of drug-likeness (QED) is 0.777. The van der Waals surface area contributed by atoms with Crippen LogP contribution in [0.3, 0.4) is 0 Å². The second kappa shape index (κ2) is 7.59. The summed E-state index contributed by atoms with van der Waals surface area (Å²) in [5.74, 6) is 0. The third kappa shape index (κ3) is 4.58. The Kier molecular flexibility index (Phi) is 6.44. The molecule has 108 valence electrons. The molecule has 0 saturated heterocycles. The number of aliphatic hydroxyl groups excluding tert-OH is 1. The Bertz CT molecular complexity index is 456. The third-order valence-corrected chi connectivity index (χ3v) is 4.73. The average molecular weight is 286 g/mol. The number of hydrogen-bond acceptors (Lipinski definition) is 3. The van der Waals surface area contributed by atoms with Crippen molar-refractivity contribution >= 4 is 10.2 Å². The van der Waals surface area contributed by atoms with Gasteiger partial charge in [-0.3, -0.25) is 0 Å². The van der Waals surface area contributed by atoms with Crippen molar-refractivity contribution in [3.8, 4) is 0 Å². The zero-order valence-corrected chi connectivity index (χ0v) is 12.3. The van der Waals surface area contributed by atoms with E-state index in [1.807, 2.05) is 37.3 Å². The van der Waals surface area contributed by atoms with Crippen molar-refractivity contribution in [2.75, 3.05) is 26.7 Å². The van der Waals surface area contributed by atoms with Crippen molar-refractivity contribution in [3.63, 3.8) is 0 Å². The maximum atomic E-state index is 12.4. The van der Waals surface area contributed by atoms with Gasteiger partial charge in [-0.05, 0) is 12.0 Å². The lowest BCUT2D eigenvalue weighted by atomic mass is 10.2. The summed E-state index contributed by atoms with van der Waals surface area (Å²) >= 11 is 0. The molecule has 0 aliphatic carbocycles. The molecule has 0 spiro atoms. The average Bonchev–Trinajstić information content (AvgIpc) is 2.39. The molecule has 0 saturated carbocycles. The summed E-state index contributed by atoms with van der Waals surface area (Å²) in [5, 5.41) is 8.97. The van der Waals surface area contributed by atoms with E-state index in [0.29, 0.717) is 13.1 Å². The van der Waals surface area contributed by atoms with E-state index in [1.165, 1.54) is 8.61 Å². The van der Waals surface area contributed by atoms with Gasteiger partial charge in [-0.1, -0.05) is 37.3 Å². The van der Waals surface area contributed by atoms with Gasteiger partial charge in [0, 0.05) is 26.7 Å². The molecule has 0 aliphatic heterocycles. The summed E-state index contributed by atoms with van der Waals surface area (Å²) in [7, 11) is -1.96. The molecule has 1 N–H and O–H groups in total. The fourth-order valence-electron chi connectivity index (χ4n) is 1.82. The lowest BCUT2D eigenvalue weighted by Crippen LogP contribution is -2.43. The molecule has 0 radical (unpaired) electrons. The summed E-state index contributed by atoms with van der Waals surface area (Å²) in [5.41, 5.74) is 0.939. The molecule has 6 heteroatoms. The molecule has 1 rings (SSSR count). The Morgan fingerprint density at radius 1 is 1.16 bits per heavy atom. The molecule has 0 atom stereocenters. The molecule has 0 unspecified atom stereocenters. The molecular formula is C13H22N2O3S. The summed E-state index contributed by atoms with van der Waals surface area (Å²) in [6, 6.07) is 9.44. The summed E-state index contributed by atoms with van der Waals surface area (Å²) in [6.07, 6.45) is 0.721. The van der Waals surface area contributed by atoms with Crippen molar-refractivity contribution in [1.82, 2.24) is 8.61 Å². The maximum absolute atomic E-state index is 12.4. The zero-order chi connectivity index (χ0) is 14.3. The summed E-state index contributed by atoms with van der Waals surface area (Å²) in [6.45, 7) is 2.63. The number of aliphatic hydroxyl groups is 1. The number of nitrogens with zero attached hydrogens (tertiary/aromatic N) is 2. The van der Waals surface area contributed by atoms with E-state index in [4.69, 9.17) is 5.11 Å². The lowest BCUT2D eigenvalue weighted by Gasteiger charge is -2.26. The highest BCUT2D eigenvalue weighted by atomic mass is 32.2. The van der Waals surface area contributed by atoms with Crippen molar-refractivity contribution in [1.29, 1.82) is 0 Å². The van der Waals surface area contributed by atoms with Gasteiger partial charge in [0.05, 0.1) is 6.61 Å². The Morgan fingerprint density at radius 3 is 2.32 bits per heavy atom. The predicted octanol–water partition coefficient (Wildman–Crippen LogP) is 1.07. The van der Waals surface area contributed by atoms with Crippen LogP contribution in [0.15, 0.2) is 30.3 Å². The van der Waals surface area contributed by atoms with Crippen molar-refractivity contribution < 1.29 is 13.5 Å². The Balaban J connectivity index is 2.79. The van der Waals surface area contributed by atoms with Gasteiger partial charge < -0.3 is 5.11 Å². The number of benzene rings is 1. The van der Waals surface area contributed by atoms with Gasteiger partial charge in [0.25, 0.3) is 10.2 Å². The van der Waals surface area contributed by atoms with Crippen LogP contribution in [-0.4, -0.2) is 48.9 Å². The van der Waals surface area contributed by atoms with Gasteiger partial charge in [-0.2, -0.15) is 17.0 Å². The maximum Gasteiger partial charge on any atom is 0.282 e. The van der Waals surface area contributed by atoms with Crippen molar-refractivity contribution in [2.24, 2.45) is 0 Å². The van der Waals surface area contributed by atoms with Crippen LogP contribution < -0.4 is 0 Å². The standard InChI is InChI=1S/C13H22N2O3S/c1-3-9-15(10-11-16)19(17,18)14(2)12-13-7-5-4-6-8-13/h4-8,16H,3,9-12H2,1-2H3. The van der Waals surface area contributed by atoms with Crippen molar-refractivity contribution in [2.45, 2.75) is 19.9 Å². The van der Waals surface area contributed by atoms with Gasteiger partial charge >= 0.3 is 0 Å². The molecule has 0 aliphatic rings. The molecule has 0 bridgehead atoms. The molecule has 19 heavy (non-hydrogen) atoms. The fraction of sp³-hybridized carbons (Fsp3) is 0.538. The highest BCUT2D eigenvalue weighted by Crippen LogP contribution is 2.11. The minimum atomic E-state index is -3.52. The van der Waals surface area contributed by atoms with Crippen LogP contribution in [0.5, 0.6) is 0 Å². The van der Waals surface area contributed by atoms with E-state index >= 15 is 0 Å². The molecule has 0 amide bonds. The van der Waals surface area contributed by atoms with Gasteiger partial charge in [0.1, 0.15) is 0 Å². The van der Waals surface area contributed by atoms with Gasteiger partial charge in [0.2, 0.25) is 0 Å². The number of hydrogen-bond donors (Lipinski definition) is 1. The van der Waals surface area contributed by atoms with E-state index in [1.54, 1.807) is 7.05 Å². The van der Waals surface area contributed by atoms with E-state index in [0.717, 1.165) is 12.0 Å². The molecule has 1 aromatic carbocycles. The highest BCUT2D eigenvalue weighted by Gasteiger charge is 2.25. The first-order valence-electron chi connectivity index (χ1n) is 6.38. The minimum absolute atomic E-state index is 0.134.